The number of nitrogens with one attached hydrogen (secondary N) is 1. The smallest absolute Gasteiger partial charge is 0.460 e. The summed E-state index contributed by atoms with van der Waals surface area (Å²) >= 11 is 0. The number of nitrogens with zero attached hydrogens (tertiary/aromatic N) is 4. The molecule has 2 unspecified atom stereocenters. The van der Waals surface area contributed by atoms with Crippen LogP contribution < -0.4 is 20.1 Å². The van der Waals surface area contributed by atoms with E-state index in [1.807, 2.05) is 5.92 Å². The fourth-order valence-electron chi connectivity index (χ4n) is 5.89. The molecule has 3 heterocycles. The van der Waals surface area contributed by atoms with Crippen LogP contribution in [0, 0.1) is 12.3 Å². The van der Waals surface area contributed by atoms with E-state index in [0.29, 0.717) is 12.8 Å². The number of terminal acetylenes is 1. The quantitative estimate of drug-likeness (QED) is 0.133. The molecule has 0 spiro atoms. The zero-order chi connectivity index (χ0) is 32.9. The van der Waals surface area contributed by atoms with Crippen molar-refractivity contribution >= 4 is 30.8 Å². The van der Waals surface area contributed by atoms with E-state index in [-0.39, 0.29) is 41.5 Å². The number of nitrogens with two attached hydrogens (primary N) is 1. The average molecular weight is 661 g/mol. The number of aromatic nitrogens is 4. The van der Waals surface area contributed by atoms with Crippen molar-refractivity contribution < 1.29 is 47.2 Å². The lowest BCUT2D eigenvalue weighted by molar-refractivity contribution is -0.165. The van der Waals surface area contributed by atoms with Gasteiger partial charge in [-0.25, -0.2) is 13.9 Å². The summed E-state index contributed by atoms with van der Waals surface area (Å²) in [4.78, 5) is 25.2. The second-order valence-electron chi connectivity index (χ2n) is 11.4. The number of carbonyl (C=O) groups is 1. The summed E-state index contributed by atoms with van der Waals surface area (Å²) in [6.07, 6.45) is 6.85. The van der Waals surface area contributed by atoms with Gasteiger partial charge in [0.05, 0.1) is 12.9 Å². The molecule has 0 amide bonds. The number of nitrogen functional groups attached to an aromatic ring is 1. The highest BCUT2D eigenvalue weighted by Gasteiger charge is 2.97. The van der Waals surface area contributed by atoms with Gasteiger partial charge in [0.25, 0.3) is 5.85 Å². The maximum atomic E-state index is 16.5. The maximum absolute atomic E-state index is 16.5. The number of fused-ring (bicyclic) bond motifs is 2. The number of alkyl halides is 1. The standard InChI is InChI=1S/C29H34FN6O9P/c1-4-27(38)25(36-16-32-20-21(36)33-26(31)34-22(20)41-5-2)43-29(30)24(28(27,29)39)45-46(40,44-19-14-10-7-11-15-19)35-17(3)23(37)42-18-12-8-6-9-13-18/h1,7,10-11,14-18,24-25,38-39H,5-6,8-9,12-13H2,2-3H3,(H,35,40)(H2,31,33,34)/t17?,24-,25+,27-,28-,29+,46?/m0/s1. The molecule has 6 rings (SSSR count). The lowest BCUT2D eigenvalue weighted by atomic mass is 9.93. The van der Waals surface area contributed by atoms with E-state index in [1.165, 1.54) is 19.1 Å². The molecule has 2 saturated carbocycles. The number of benzene rings is 1. The Labute approximate surface area is 263 Å². The number of carbonyl (C=O) groups excluding carboxylic acids is 1. The predicted molar refractivity (Wildman–Crippen MR) is 159 cm³/mol. The molecule has 1 saturated heterocycles. The van der Waals surface area contributed by atoms with E-state index < -0.39 is 49.1 Å². The number of imidazole rings is 1. The van der Waals surface area contributed by atoms with E-state index in [2.05, 4.69) is 20.0 Å². The van der Waals surface area contributed by atoms with Crippen molar-refractivity contribution in [2.45, 2.75) is 87.5 Å². The fraction of sp³-hybridized carbons (Fsp3) is 0.517. The van der Waals surface area contributed by atoms with Crippen LogP contribution in [0.1, 0.15) is 52.2 Å². The zero-order valence-corrected chi connectivity index (χ0v) is 25.9. The summed E-state index contributed by atoms with van der Waals surface area (Å²) in [5.41, 5.74) is 0.0790. The van der Waals surface area contributed by atoms with Gasteiger partial charge in [-0.2, -0.15) is 15.1 Å². The fourth-order valence-corrected chi connectivity index (χ4v) is 7.59. The molecule has 3 fully saturated rings. The van der Waals surface area contributed by atoms with Gasteiger partial charge >= 0.3 is 13.7 Å². The highest BCUT2D eigenvalue weighted by Crippen LogP contribution is 2.72. The molecule has 0 radical (unpaired) electrons. The SMILES string of the molecule is C#C[C@]1(O)[C@H](n2cnc3c(OCC)nc(N)nc32)O[C@]2(F)[C@@H](OP(=O)(NC(C)C(=O)OC3CCCCC3)Oc3ccccc3)[C@]12O. The van der Waals surface area contributed by atoms with Gasteiger partial charge < -0.3 is 34.7 Å². The van der Waals surface area contributed by atoms with Crippen molar-refractivity contribution in [1.82, 2.24) is 24.6 Å². The van der Waals surface area contributed by atoms with Crippen molar-refractivity contribution in [1.29, 1.82) is 0 Å². The summed E-state index contributed by atoms with van der Waals surface area (Å²) < 4.78 is 59.6. The first kappa shape index (κ1) is 32.1. The molecule has 5 N–H and O–H groups in total. The van der Waals surface area contributed by atoms with Gasteiger partial charge in [0.15, 0.2) is 23.5 Å². The van der Waals surface area contributed by atoms with Crippen LogP contribution in [0.5, 0.6) is 11.6 Å². The molecule has 7 atom stereocenters. The van der Waals surface area contributed by atoms with E-state index in [1.54, 1.807) is 25.1 Å². The van der Waals surface area contributed by atoms with Crippen LogP contribution in [0.3, 0.4) is 0 Å². The Hall–Kier alpha value is -3.84. The predicted octanol–water partition coefficient (Wildman–Crippen LogP) is 2.54. The molecule has 1 aromatic carbocycles. The number of rotatable bonds is 11. The monoisotopic (exact) mass is 660 g/mol. The first-order valence-electron chi connectivity index (χ1n) is 14.8. The summed E-state index contributed by atoms with van der Waals surface area (Å²) in [5, 5.41) is 25.7. The number of halogens is 1. The highest BCUT2D eigenvalue weighted by atomic mass is 31.2. The summed E-state index contributed by atoms with van der Waals surface area (Å²) in [5.74, 6) is -2.09. The molecule has 246 valence electrons. The van der Waals surface area contributed by atoms with Gasteiger partial charge in [-0.1, -0.05) is 30.5 Å². The van der Waals surface area contributed by atoms with Crippen molar-refractivity contribution in [3.8, 4) is 24.0 Å². The first-order chi connectivity index (χ1) is 21.9. The number of esters is 1. The van der Waals surface area contributed by atoms with E-state index in [9.17, 15) is 19.6 Å². The van der Waals surface area contributed by atoms with Crippen LogP contribution >= 0.6 is 7.75 Å². The summed E-state index contributed by atoms with van der Waals surface area (Å²) in [6, 6.07) is 6.51. The Morgan fingerprint density at radius 1 is 1.28 bits per heavy atom. The molecular weight excluding hydrogens is 626 g/mol. The zero-order valence-electron chi connectivity index (χ0n) is 25.0. The van der Waals surface area contributed by atoms with Crippen molar-refractivity contribution in [2.24, 2.45) is 0 Å². The summed E-state index contributed by atoms with van der Waals surface area (Å²) in [7, 11) is -4.73. The largest absolute Gasteiger partial charge is 0.476 e. The van der Waals surface area contributed by atoms with Crippen molar-refractivity contribution in [2.75, 3.05) is 12.3 Å². The lowest BCUT2D eigenvalue weighted by Crippen LogP contribution is -2.50. The minimum Gasteiger partial charge on any atom is -0.476 e. The number of hydrogen-bond acceptors (Lipinski definition) is 13. The van der Waals surface area contributed by atoms with Crippen LogP contribution in [-0.2, 0) is 23.4 Å². The van der Waals surface area contributed by atoms with E-state index >= 15 is 4.39 Å². The first-order valence-corrected chi connectivity index (χ1v) is 16.4. The molecule has 17 heteroatoms. The van der Waals surface area contributed by atoms with Crippen LogP contribution in [0.2, 0.25) is 0 Å². The van der Waals surface area contributed by atoms with Crippen LogP contribution in [-0.4, -0.2) is 77.6 Å². The average Bonchev–Trinajstić information content (AvgIpc) is 3.27. The van der Waals surface area contributed by atoms with Crippen LogP contribution in [0.25, 0.3) is 11.2 Å². The Morgan fingerprint density at radius 3 is 2.67 bits per heavy atom. The molecule has 2 aliphatic carbocycles. The maximum Gasteiger partial charge on any atom is 0.460 e. The number of anilines is 1. The molecule has 0 bridgehead atoms. The number of aliphatic hydroxyl groups is 2. The molecular formula is C29H34FN6O9P. The molecule has 1 aliphatic heterocycles. The lowest BCUT2D eigenvalue weighted by Gasteiger charge is -2.32. The minimum atomic E-state index is -4.73. The van der Waals surface area contributed by atoms with Gasteiger partial charge in [0, 0.05) is 0 Å². The van der Waals surface area contributed by atoms with Crippen LogP contribution in [0.15, 0.2) is 36.7 Å². The second-order valence-corrected chi connectivity index (χ2v) is 13.0. The highest BCUT2D eigenvalue weighted by molar-refractivity contribution is 7.52. The third kappa shape index (κ3) is 5.17. The van der Waals surface area contributed by atoms with Crippen LogP contribution in [0.4, 0.5) is 10.3 Å². The topological polar surface area (TPSA) is 202 Å². The Bertz CT molecular complexity index is 1720. The van der Waals surface area contributed by atoms with E-state index in [0.717, 1.165) is 30.2 Å². The van der Waals surface area contributed by atoms with Gasteiger partial charge in [-0.05, 0) is 51.7 Å². The van der Waals surface area contributed by atoms with Gasteiger partial charge in [-0.15, -0.1) is 6.42 Å². The van der Waals surface area contributed by atoms with Gasteiger partial charge in [0.1, 0.15) is 17.9 Å². The number of ether oxygens (including phenoxy) is 3. The van der Waals surface area contributed by atoms with Crippen molar-refractivity contribution in [3.63, 3.8) is 0 Å². The van der Waals surface area contributed by atoms with E-state index in [4.69, 9.17) is 35.4 Å². The molecule has 46 heavy (non-hydrogen) atoms. The third-order valence-corrected chi connectivity index (χ3v) is 9.93. The third-order valence-electron chi connectivity index (χ3n) is 8.29. The van der Waals surface area contributed by atoms with Gasteiger partial charge in [0.2, 0.25) is 23.0 Å². The second kappa shape index (κ2) is 11.8. The molecule has 15 nitrogen and oxygen atoms in total. The molecule has 3 aliphatic rings. The Balaban J connectivity index is 1.28. The van der Waals surface area contributed by atoms with Gasteiger partial charge in [-0.3, -0.25) is 13.9 Å². The Morgan fingerprint density at radius 2 is 2.00 bits per heavy atom. The normalized spacial score (nSPS) is 31.0. The number of hydrogen-bond donors (Lipinski definition) is 4. The number of para-hydroxylation sites is 1. The summed E-state index contributed by atoms with van der Waals surface area (Å²) in [6.45, 7) is 3.31. The molecule has 2 aromatic heterocycles. The molecule has 3 aromatic rings. The Kier molecular flexibility index (Phi) is 8.20. The van der Waals surface area contributed by atoms with Crippen molar-refractivity contribution in [3.05, 3.63) is 36.7 Å². The minimum absolute atomic E-state index is 0.0206.